The zero-order chi connectivity index (χ0) is 50.4. The van der Waals surface area contributed by atoms with Crippen molar-refractivity contribution >= 4 is 68.4 Å². The van der Waals surface area contributed by atoms with E-state index in [0.29, 0.717) is 35.1 Å². The van der Waals surface area contributed by atoms with Gasteiger partial charge < -0.3 is 14.8 Å². The summed E-state index contributed by atoms with van der Waals surface area (Å²) >= 11 is 0. The number of nitrogens with one attached hydrogen (secondary N) is 5. The summed E-state index contributed by atoms with van der Waals surface area (Å²) < 4.78 is 111. The molecule has 4 aromatic carbocycles. The van der Waals surface area contributed by atoms with Crippen molar-refractivity contribution in [2.24, 2.45) is 0 Å². The number of amides is 4. The molecule has 0 saturated carbocycles. The first-order chi connectivity index (χ1) is 30.9. The zero-order valence-corrected chi connectivity index (χ0v) is 36.9. The molecule has 18 nitrogen and oxygen atoms in total. The van der Waals surface area contributed by atoms with Crippen LogP contribution in [0.3, 0.4) is 0 Å². The number of benzene rings is 4. The van der Waals surface area contributed by atoms with Gasteiger partial charge in [-0.05, 0) is 120 Å². The highest BCUT2D eigenvalue weighted by molar-refractivity contribution is 7.92. The number of halogens is 6. The lowest BCUT2D eigenvalue weighted by atomic mass is 10.1. The number of hydrogen-bond acceptors (Lipinski definition) is 12. The van der Waals surface area contributed by atoms with E-state index in [9.17, 15) is 64.1 Å². The van der Waals surface area contributed by atoms with E-state index in [1.54, 1.807) is 84.0 Å². The quantitative estimate of drug-likeness (QED) is 0.0526. The van der Waals surface area contributed by atoms with Crippen molar-refractivity contribution in [1.82, 2.24) is 9.97 Å². The third-order valence-corrected chi connectivity index (χ3v) is 8.81. The number of sulfonamides is 1. The van der Waals surface area contributed by atoms with Gasteiger partial charge in [0.25, 0.3) is 15.9 Å². The summed E-state index contributed by atoms with van der Waals surface area (Å²) in [4.78, 5) is 61.8. The fraction of sp³-hybridized carbons (Fsp3) is 0.238. The van der Waals surface area contributed by atoms with Crippen molar-refractivity contribution in [3.63, 3.8) is 0 Å². The Morgan fingerprint density at radius 3 is 1.48 bits per heavy atom. The van der Waals surface area contributed by atoms with E-state index in [-0.39, 0.29) is 10.5 Å². The van der Waals surface area contributed by atoms with Crippen LogP contribution in [0.2, 0.25) is 0 Å². The number of anilines is 5. The molecule has 0 fully saturated rings. The van der Waals surface area contributed by atoms with Crippen LogP contribution in [-0.4, -0.2) is 64.7 Å². The van der Waals surface area contributed by atoms with Gasteiger partial charge in [0.05, 0.1) is 15.4 Å². The summed E-state index contributed by atoms with van der Waals surface area (Å²) in [5, 5.41) is 19.1. The predicted octanol–water partition coefficient (Wildman–Crippen LogP) is 10.0. The topological polar surface area (TPSA) is 250 Å². The molecule has 0 spiro atoms. The first-order valence-electron chi connectivity index (χ1n) is 19.0. The van der Waals surface area contributed by atoms with Crippen LogP contribution in [-0.2, 0) is 30.5 Å². The highest BCUT2D eigenvalue weighted by atomic mass is 32.2. The number of nitro groups is 1. The third kappa shape index (κ3) is 19.4. The number of carbonyl (C=O) groups is 4. The maximum absolute atomic E-state index is 12.7. The van der Waals surface area contributed by atoms with Crippen molar-refractivity contribution in [2.45, 2.75) is 70.0 Å². The molecule has 5 N–H and O–H groups in total. The van der Waals surface area contributed by atoms with Crippen molar-refractivity contribution in [2.75, 3.05) is 26.0 Å². The smallest absolute Gasteiger partial charge is 0.444 e. The number of hydrogen-bond donors (Lipinski definition) is 5. The molecule has 0 radical (unpaired) electrons. The molecule has 0 saturated heterocycles. The second-order valence-corrected chi connectivity index (χ2v) is 17.0. The largest absolute Gasteiger partial charge is 0.471 e. The normalized spacial score (nSPS) is 11.5. The van der Waals surface area contributed by atoms with Crippen LogP contribution in [0.5, 0.6) is 0 Å². The van der Waals surface area contributed by atoms with Gasteiger partial charge in [-0.15, -0.1) is 0 Å². The zero-order valence-electron chi connectivity index (χ0n) is 36.1. The molecule has 5 rings (SSSR count). The summed E-state index contributed by atoms with van der Waals surface area (Å²) in [7, 11) is -3.64. The minimum absolute atomic E-state index is 0.110. The Hall–Kier alpha value is -7.83. The highest BCUT2D eigenvalue weighted by Gasteiger charge is 2.39. The van der Waals surface area contributed by atoms with Crippen molar-refractivity contribution in [3.8, 4) is 0 Å². The van der Waals surface area contributed by atoms with Gasteiger partial charge in [0.15, 0.2) is 0 Å². The van der Waals surface area contributed by atoms with Crippen molar-refractivity contribution in [1.29, 1.82) is 0 Å². The Labute approximate surface area is 378 Å². The van der Waals surface area contributed by atoms with Gasteiger partial charge in [0, 0.05) is 28.3 Å². The molecule has 1 aromatic heterocycles. The van der Waals surface area contributed by atoms with Gasteiger partial charge in [0.2, 0.25) is 5.95 Å². The molecule has 5 aromatic rings. The second kappa shape index (κ2) is 22.4. The van der Waals surface area contributed by atoms with E-state index in [1.165, 1.54) is 53.8 Å². The number of aromatic nitrogens is 2. The van der Waals surface area contributed by atoms with Crippen LogP contribution in [0, 0.1) is 10.1 Å². The van der Waals surface area contributed by atoms with Crippen molar-refractivity contribution in [3.05, 3.63) is 137 Å². The summed E-state index contributed by atoms with van der Waals surface area (Å²) in [5.41, 5.74) is -1.01. The lowest BCUT2D eigenvalue weighted by Crippen LogP contribution is -2.30. The summed E-state index contributed by atoms with van der Waals surface area (Å²) in [6.45, 7) is 10.5. The van der Waals surface area contributed by atoms with E-state index >= 15 is 0 Å². The summed E-state index contributed by atoms with van der Waals surface area (Å²) in [5.74, 6) is -3.58. The number of ether oxygens (including phenoxy) is 2. The Morgan fingerprint density at radius 1 is 0.612 bits per heavy atom. The summed E-state index contributed by atoms with van der Waals surface area (Å²) in [6.07, 6.45) is -9.42. The predicted molar refractivity (Wildman–Crippen MR) is 233 cm³/mol. The van der Waals surface area contributed by atoms with E-state index in [0.717, 1.165) is 12.1 Å². The molecule has 0 aliphatic rings. The van der Waals surface area contributed by atoms with E-state index in [1.807, 2.05) is 0 Å². The number of rotatable bonds is 9. The van der Waals surface area contributed by atoms with Gasteiger partial charge in [-0.2, -0.15) is 26.3 Å². The minimum atomic E-state index is -5.06. The second-order valence-electron chi connectivity index (χ2n) is 15.3. The fourth-order valence-corrected chi connectivity index (χ4v) is 5.69. The molecule has 0 unspecified atom stereocenters. The summed E-state index contributed by atoms with van der Waals surface area (Å²) in [6, 6.07) is 24.6. The number of alkyl halides is 6. The van der Waals surface area contributed by atoms with Crippen LogP contribution in [0.15, 0.2) is 120 Å². The van der Waals surface area contributed by atoms with Gasteiger partial charge in [-0.3, -0.25) is 40.4 Å². The molecule has 0 atom stereocenters. The van der Waals surface area contributed by atoms with Crippen LogP contribution in [0.1, 0.15) is 57.5 Å². The maximum Gasteiger partial charge on any atom is 0.471 e. The lowest BCUT2D eigenvalue weighted by molar-refractivity contribution is -0.385. The Kier molecular flexibility index (Phi) is 17.9. The van der Waals surface area contributed by atoms with Gasteiger partial charge in [-0.25, -0.2) is 28.0 Å². The Balaban J connectivity index is 0.000000275. The highest BCUT2D eigenvalue weighted by Crippen LogP contribution is 2.30. The van der Waals surface area contributed by atoms with Crippen LogP contribution >= 0.6 is 0 Å². The molecule has 67 heavy (non-hydrogen) atoms. The minimum Gasteiger partial charge on any atom is -0.444 e. The molecular weight excluding hydrogens is 923 g/mol. The number of nitrogens with zero attached hydrogens (tertiary/aromatic N) is 3. The van der Waals surface area contributed by atoms with Gasteiger partial charge in [-0.1, -0.05) is 24.3 Å². The van der Waals surface area contributed by atoms with Crippen LogP contribution in [0.25, 0.3) is 0 Å². The average molecular weight is 965 g/mol. The molecular formula is C42H42F6N8O10S. The Bertz CT molecular complexity index is 2610. The average Bonchev–Trinajstić information content (AvgIpc) is 3.21. The van der Waals surface area contributed by atoms with E-state index in [4.69, 9.17) is 9.47 Å². The number of carbonyl (C=O) groups excluding carboxylic acids is 4. The molecule has 0 bridgehead atoms. The molecule has 358 valence electrons. The first-order valence-corrected chi connectivity index (χ1v) is 20.5. The maximum atomic E-state index is 12.7. The molecule has 1 heterocycles. The van der Waals surface area contributed by atoms with Crippen LogP contribution in [0.4, 0.5) is 70.3 Å². The molecule has 0 aliphatic carbocycles. The molecule has 4 amide bonds. The third-order valence-electron chi connectivity index (χ3n) is 7.41. The molecule has 25 heteroatoms. The van der Waals surface area contributed by atoms with E-state index in [2.05, 4.69) is 30.6 Å². The monoisotopic (exact) mass is 964 g/mol. The van der Waals surface area contributed by atoms with E-state index < -0.39 is 79.7 Å². The standard InChI is InChI=1S/C19H19F3N2O3.C17H20N2O4S.C6H3F3N4O3/c1-18(2,3)27-17(26)24-15-9-7-14(8-10-15)23-16(25)12-5-4-6-13(11-12)19(20,21)22;1-17(2,3)23-16(20)18-13-9-11-14(12-10-13)19-24(21,22)15-7-5-4-6-8-15;7-6(8,9)4(14)12-5-10-1-3(2-11-5)13(15)16/h4-11H,1-3H3,(H,23,25)(H,24,26);4-12,19H,1-3H3,(H,18,20);1-2H,(H,10,11,12,14). The Morgan fingerprint density at radius 2 is 1.06 bits per heavy atom. The van der Waals surface area contributed by atoms with Crippen LogP contribution < -0.4 is 26.0 Å². The lowest BCUT2D eigenvalue weighted by Gasteiger charge is -2.19. The fourth-order valence-electron chi connectivity index (χ4n) is 4.61. The molecule has 0 aliphatic heterocycles. The van der Waals surface area contributed by atoms with Gasteiger partial charge >= 0.3 is 36.1 Å². The first kappa shape index (κ1) is 53.5. The van der Waals surface area contributed by atoms with Gasteiger partial charge in [0.1, 0.15) is 23.6 Å². The SMILES string of the molecule is CC(C)(C)OC(=O)Nc1ccc(NC(=O)c2cccc(C(F)(F)F)c2)cc1.CC(C)(C)OC(=O)Nc1ccc(NS(=O)(=O)c2ccccc2)cc1.O=C(Nc1ncc([N+](=O)[O-])cn1)C(F)(F)F. The van der Waals surface area contributed by atoms with Crippen molar-refractivity contribution < 1.29 is 68.3 Å².